The number of nitrogens with zero attached hydrogens (tertiary/aromatic N) is 2. The molecule has 0 aliphatic carbocycles. The lowest BCUT2D eigenvalue weighted by Crippen LogP contribution is -2.38. The van der Waals surface area contributed by atoms with Crippen LogP contribution in [0, 0.1) is 11.7 Å². The molecular weight excluding hydrogens is 369 g/mol. The smallest absolute Gasteiger partial charge is 0.259 e. The van der Waals surface area contributed by atoms with Gasteiger partial charge in [-0.1, -0.05) is 13.8 Å². The molecule has 29 heavy (non-hydrogen) atoms. The first-order chi connectivity index (χ1) is 14.0. The van der Waals surface area contributed by atoms with Crippen LogP contribution < -0.4 is 4.74 Å². The van der Waals surface area contributed by atoms with E-state index in [0.717, 1.165) is 23.7 Å². The zero-order valence-corrected chi connectivity index (χ0v) is 16.8. The van der Waals surface area contributed by atoms with E-state index in [1.165, 1.54) is 17.7 Å². The quantitative estimate of drug-likeness (QED) is 0.678. The average Bonchev–Trinajstić information content (AvgIpc) is 3.15. The van der Waals surface area contributed by atoms with Crippen LogP contribution in [0.5, 0.6) is 5.88 Å². The maximum Gasteiger partial charge on any atom is 0.259 e. The lowest BCUT2D eigenvalue weighted by molar-refractivity contribution is 0.0707. The Labute approximate surface area is 169 Å². The number of carbonyl (C=O) groups is 1. The molecule has 1 N–H and O–H groups in total. The second kappa shape index (κ2) is 8.23. The summed E-state index contributed by atoms with van der Waals surface area (Å²) in [6.07, 6.45) is 5.38. The average molecular weight is 395 g/mol. The third-order valence-corrected chi connectivity index (χ3v) is 5.45. The van der Waals surface area contributed by atoms with E-state index in [0.29, 0.717) is 43.0 Å². The van der Waals surface area contributed by atoms with Gasteiger partial charge >= 0.3 is 0 Å². The molecule has 2 aromatic heterocycles. The number of pyridine rings is 1. The third kappa shape index (κ3) is 4.11. The Morgan fingerprint density at radius 1 is 1.31 bits per heavy atom. The predicted molar refractivity (Wildman–Crippen MR) is 111 cm³/mol. The Morgan fingerprint density at radius 3 is 2.86 bits per heavy atom. The summed E-state index contributed by atoms with van der Waals surface area (Å²) in [6, 6.07) is 8.42. The summed E-state index contributed by atoms with van der Waals surface area (Å²) in [7, 11) is 0. The number of aromatic nitrogens is 2. The highest BCUT2D eigenvalue weighted by Gasteiger charge is 2.28. The van der Waals surface area contributed by atoms with Crippen LogP contribution in [0.3, 0.4) is 0 Å². The number of likely N-dealkylation sites (tertiary alicyclic amines) is 1. The zero-order valence-electron chi connectivity index (χ0n) is 16.8. The fourth-order valence-electron chi connectivity index (χ4n) is 3.94. The molecule has 3 aromatic rings. The molecule has 0 unspecified atom stereocenters. The summed E-state index contributed by atoms with van der Waals surface area (Å²) in [5, 5.41) is 1.06. The SMILES string of the molecule is CC(C)COc1ncccc1C(=O)N1CCC(c2c[nH]c3cc(F)ccc23)CC1. The van der Waals surface area contributed by atoms with Crippen molar-refractivity contribution in [3.05, 3.63) is 59.7 Å². The van der Waals surface area contributed by atoms with E-state index in [-0.39, 0.29) is 11.7 Å². The van der Waals surface area contributed by atoms with Crippen molar-refractivity contribution in [1.29, 1.82) is 0 Å². The molecule has 1 aromatic carbocycles. The number of hydrogen-bond acceptors (Lipinski definition) is 3. The van der Waals surface area contributed by atoms with Crippen LogP contribution in [-0.2, 0) is 0 Å². The van der Waals surface area contributed by atoms with E-state index >= 15 is 0 Å². The number of amides is 1. The van der Waals surface area contributed by atoms with Gasteiger partial charge in [0.1, 0.15) is 11.4 Å². The number of nitrogens with one attached hydrogen (secondary N) is 1. The minimum Gasteiger partial charge on any atom is -0.477 e. The van der Waals surface area contributed by atoms with Crippen LogP contribution in [0.15, 0.2) is 42.7 Å². The Bertz CT molecular complexity index is 1010. The molecule has 6 heteroatoms. The first-order valence-corrected chi connectivity index (χ1v) is 10.2. The number of carbonyl (C=O) groups excluding carboxylic acids is 1. The molecule has 1 aliphatic heterocycles. The van der Waals surface area contributed by atoms with Gasteiger partial charge < -0.3 is 14.6 Å². The maximum absolute atomic E-state index is 13.4. The molecule has 0 atom stereocenters. The van der Waals surface area contributed by atoms with Gasteiger partial charge in [0.25, 0.3) is 5.91 Å². The van der Waals surface area contributed by atoms with Gasteiger partial charge in [0.05, 0.1) is 6.61 Å². The monoisotopic (exact) mass is 395 g/mol. The highest BCUT2D eigenvalue weighted by Crippen LogP contribution is 2.34. The summed E-state index contributed by atoms with van der Waals surface area (Å²) in [4.78, 5) is 22.4. The predicted octanol–water partition coefficient (Wildman–Crippen LogP) is 4.76. The van der Waals surface area contributed by atoms with Gasteiger partial charge in [-0.25, -0.2) is 9.37 Å². The fourth-order valence-corrected chi connectivity index (χ4v) is 3.94. The molecule has 1 aliphatic rings. The van der Waals surface area contributed by atoms with Crippen molar-refractivity contribution in [3.63, 3.8) is 0 Å². The number of ether oxygens (including phenoxy) is 1. The number of fused-ring (bicyclic) bond motifs is 1. The normalized spacial score (nSPS) is 15.2. The topological polar surface area (TPSA) is 58.2 Å². The molecule has 4 rings (SSSR count). The summed E-state index contributed by atoms with van der Waals surface area (Å²) in [5.41, 5.74) is 2.55. The minimum atomic E-state index is -0.238. The van der Waals surface area contributed by atoms with Crippen LogP contribution in [0.2, 0.25) is 0 Å². The summed E-state index contributed by atoms with van der Waals surface area (Å²) in [5.74, 6) is 0.853. The van der Waals surface area contributed by atoms with Gasteiger partial charge in [-0.15, -0.1) is 0 Å². The number of piperidine rings is 1. The van der Waals surface area contributed by atoms with Crippen molar-refractivity contribution in [2.24, 2.45) is 5.92 Å². The second-order valence-corrected chi connectivity index (χ2v) is 8.06. The van der Waals surface area contributed by atoms with Gasteiger partial charge in [0.2, 0.25) is 5.88 Å². The van der Waals surface area contributed by atoms with Crippen molar-refractivity contribution in [1.82, 2.24) is 14.9 Å². The van der Waals surface area contributed by atoms with Gasteiger partial charge in [-0.05, 0) is 60.6 Å². The number of H-pyrrole nitrogens is 1. The summed E-state index contributed by atoms with van der Waals surface area (Å²) in [6.45, 7) is 6.01. The molecule has 5 nitrogen and oxygen atoms in total. The summed E-state index contributed by atoms with van der Waals surface area (Å²) >= 11 is 0. The number of aromatic amines is 1. The van der Waals surface area contributed by atoms with Crippen molar-refractivity contribution < 1.29 is 13.9 Å². The van der Waals surface area contributed by atoms with Crippen molar-refractivity contribution in [2.45, 2.75) is 32.6 Å². The largest absolute Gasteiger partial charge is 0.477 e. The lowest BCUT2D eigenvalue weighted by Gasteiger charge is -2.32. The molecule has 152 valence electrons. The summed E-state index contributed by atoms with van der Waals surface area (Å²) < 4.78 is 19.2. The maximum atomic E-state index is 13.4. The van der Waals surface area contributed by atoms with Crippen LogP contribution >= 0.6 is 0 Å². The molecule has 0 bridgehead atoms. The van der Waals surface area contributed by atoms with E-state index in [1.807, 2.05) is 17.2 Å². The third-order valence-electron chi connectivity index (χ3n) is 5.45. The Morgan fingerprint density at radius 2 is 2.10 bits per heavy atom. The van der Waals surface area contributed by atoms with Gasteiger partial charge in [0.15, 0.2) is 0 Å². The molecule has 0 saturated carbocycles. The number of halogens is 1. The Hall–Kier alpha value is -2.89. The number of rotatable bonds is 5. The van der Waals surface area contributed by atoms with Crippen LogP contribution in [-0.4, -0.2) is 40.5 Å². The molecule has 3 heterocycles. The fraction of sp³-hybridized carbons (Fsp3) is 0.391. The standard InChI is InChI=1S/C23H26FN3O2/c1-15(2)14-29-22-19(4-3-9-25-22)23(28)27-10-7-16(8-11-27)20-13-26-21-12-17(24)5-6-18(20)21/h3-6,9,12-13,15-16,26H,7-8,10-11,14H2,1-2H3. The molecular formula is C23H26FN3O2. The minimum absolute atomic E-state index is 0.0312. The van der Waals surface area contributed by atoms with E-state index < -0.39 is 0 Å². The van der Waals surface area contributed by atoms with Gasteiger partial charge in [-0.3, -0.25) is 4.79 Å². The lowest BCUT2D eigenvalue weighted by atomic mass is 9.89. The number of hydrogen-bond donors (Lipinski definition) is 1. The van der Waals surface area contributed by atoms with Gasteiger partial charge in [-0.2, -0.15) is 0 Å². The van der Waals surface area contributed by atoms with Crippen LogP contribution in [0.1, 0.15) is 48.5 Å². The molecule has 1 fully saturated rings. The van der Waals surface area contributed by atoms with Crippen LogP contribution in [0.4, 0.5) is 4.39 Å². The molecule has 0 spiro atoms. The first kappa shape index (κ1) is 19.4. The van der Waals surface area contributed by atoms with E-state index in [9.17, 15) is 9.18 Å². The van der Waals surface area contributed by atoms with Crippen molar-refractivity contribution >= 4 is 16.8 Å². The Balaban J connectivity index is 1.45. The van der Waals surface area contributed by atoms with E-state index in [2.05, 4.69) is 23.8 Å². The Kier molecular flexibility index (Phi) is 5.51. The zero-order chi connectivity index (χ0) is 20.4. The van der Waals surface area contributed by atoms with Crippen molar-refractivity contribution in [2.75, 3.05) is 19.7 Å². The second-order valence-electron chi connectivity index (χ2n) is 8.06. The van der Waals surface area contributed by atoms with E-state index in [1.54, 1.807) is 18.3 Å². The highest BCUT2D eigenvalue weighted by atomic mass is 19.1. The van der Waals surface area contributed by atoms with Crippen LogP contribution in [0.25, 0.3) is 10.9 Å². The molecule has 0 radical (unpaired) electrons. The first-order valence-electron chi connectivity index (χ1n) is 10.2. The van der Waals surface area contributed by atoms with Gasteiger partial charge in [0, 0.05) is 36.4 Å². The molecule has 1 saturated heterocycles. The number of benzene rings is 1. The molecule has 1 amide bonds. The van der Waals surface area contributed by atoms with E-state index in [4.69, 9.17) is 4.74 Å². The van der Waals surface area contributed by atoms with Crippen molar-refractivity contribution in [3.8, 4) is 5.88 Å². The highest BCUT2D eigenvalue weighted by molar-refractivity contribution is 5.96.